The van der Waals surface area contributed by atoms with E-state index in [1.807, 2.05) is 22.6 Å². The summed E-state index contributed by atoms with van der Waals surface area (Å²) in [6.07, 6.45) is -5.93. The van der Waals surface area contributed by atoms with Gasteiger partial charge < -0.3 is 5.32 Å². The number of halogens is 7. The van der Waals surface area contributed by atoms with Gasteiger partial charge in [-0.15, -0.1) is 0 Å². The van der Waals surface area contributed by atoms with E-state index in [4.69, 9.17) is 0 Å². The lowest BCUT2D eigenvalue weighted by Crippen LogP contribution is -2.47. The predicted molar refractivity (Wildman–Crippen MR) is 66.5 cm³/mol. The Hall–Kier alpha value is -0.450. The smallest absolute Gasteiger partial charge is 0.319 e. The number of carbonyl (C=O) groups excluding carboxylic acids is 1. The molecule has 1 amide bonds. The molecule has 0 saturated carbocycles. The summed E-state index contributed by atoms with van der Waals surface area (Å²) < 4.78 is 62.0. The van der Waals surface area contributed by atoms with E-state index in [1.165, 1.54) is 17.4 Å². The van der Waals surface area contributed by atoms with Crippen molar-refractivity contribution in [1.29, 1.82) is 0 Å². The SMILES string of the molecule is O=C(Nc1cc(I)ccc1Br)C(F)(F)C(F)(F)F. The summed E-state index contributed by atoms with van der Waals surface area (Å²) in [6, 6.07) is 4.26. The van der Waals surface area contributed by atoms with Crippen molar-refractivity contribution in [2.75, 3.05) is 5.32 Å². The summed E-state index contributed by atoms with van der Waals surface area (Å²) in [5.74, 6) is -7.86. The fraction of sp³-hybridized carbons (Fsp3) is 0.222. The van der Waals surface area contributed by atoms with Gasteiger partial charge in [0.1, 0.15) is 0 Å². The Kier molecular flexibility index (Phi) is 4.57. The fourth-order valence-corrected chi connectivity index (χ4v) is 1.76. The van der Waals surface area contributed by atoms with E-state index in [0.717, 1.165) is 0 Å². The minimum atomic E-state index is -5.93. The van der Waals surface area contributed by atoms with Gasteiger partial charge in [0, 0.05) is 8.04 Å². The zero-order chi connectivity index (χ0) is 14.1. The number of alkyl halides is 5. The molecule has 0 atom stereocenters. The number of hydrogen-bond acceptors (Lipinski definition) is 1. The van der Waals surface area contributed by atoms with Gasteiger partial charge >= 0.3 is 18.0 Å². The van der Waals surface area contributed by atoms with Crippen LogP contribution in [0.2, 0.25) is 0 Å². The van der Waals surface area contributed by atoms with Crippen LogP contribution in [0, 0.1) is 3.57 Å². The van der Waals surface area contributed by atoms with Crippen LogP contribution in [0.4, 0.5) is 27.6 Å². The maximum absolute atomic E-state index is 12.7. The number of hydrogen-bond donors (Lipinski definition) is 1. The third-order valence-corrected chi connectivity index (χ3v) is 3.18. The van der Waals surface area contributed by atoms with Crippen LogP contribution in [0.3, 0.4) is 0 Å². The highest BCUT2D eigenvalue weighted by atomic mass is 127. The van der Waals surface area contributed by atoms with E-state index < -0.39 is 18.0 Å². The van der Waals surface area contributed by atoms with E-state index >= 15 is 0 Å². The van der Waals surface area contributed by atoms with Crippen LogP contribution in [0.25, 0.3) is 0 Å². The lowest BCUT2D eigenvalue weighted by atomic mass is 10.2. The Balaban J connectivity index is 2.98. The first-order valence-electron chi connectivity index (χ1n) is 4.27. The maximum Gasteiger partial charge on any atom is 0.463 e. The largest absolute Gasteiger partial charge is 0.463 e. The first-order valence-corrected chi connectivity index (χ1v) is 6.14. The summed E-state index contributed by atoms with van der Waals surface area (Å²) in [4.78, 5) is 10.9. The highest BCUT2D eigenvalue weighted by molar-refractivity contribution is 14.1. The zero-order valence-electron chi connectivity index (χ0n) is 8.29. The Labute approximate surface area is 120 Å². The molecule has 1 rings (SSSR count). The number of anilines is 1. The summed E-state index contributed by atoms with van der Waals surface area (Å²) in [5, 5.41) is 1.54. The molecular formula is C9H4BrF5INO. The molecule has 0 spiro atoms. The first kappa shape index (κ1) is 15.6. The molecule has 0 unspecified atom stereocenters. The molecule has 2 nitrogen and oxygen atoms in total. The average molecular weight is 444 g/mol. The molecule has 0 aromatic heterocycles. The number of benzene rings is 1. The van der Waals surface area contributed by atoms with Crippen molar-refractivity contribution in [3.8, 4) is 0 Å². The van der Waals surface area contributed by atoms with Crippen molar-refractivity contribution in [2.24, 2.45) is 0 Å². The van der Waals surface area contributed by atoms with E-state index in [-0.39, 0.29) is 10.2 Å². The standard InChI is InChI=1S/C9H4BrF5INO/c10-5-2-1-4(16)3-6(5)17-7(18)8(11,12)9(13,14)15/h1-3H,(H,17,18). The second kappa shape index (κ2) is 5.27. The minimum Gasteiger partial charge on any atom is -0.319 e. The number of carbonyl (C=O) groups is 1. The zero-order valence-corrected chi connectivity index (χ0v) is 12.0. The third-order valence-electron chi connectivity index (χ3n) is 1.82. The number of rotatable bonds is 2. The van der Waals surface area contributed by atoms with E-state index in [2.05, 4.69) is 15.9 Å². The first-order chi connectivity index (χ1) is 8.05. The lowest BCUT2D eigenvalue weighted by molar-refractivity contribution is -0.267. The van der Waals surface area contributed by atoms with Crippen molar-refractivity contribution < 1.29 is 26.7 Å². The molecule has 100 valence electrons. The van der Waals surface area contributed by atoms with Gasteiger partial charge in [-0.2, -0.15) is 22.0 Å². The van der Waals surface area contributed by atoms with Crippen molar-refractivity contribution >= 4 is 50.1 Å². The molecule has 1 aromatic rings. The molecular weight excluding hydrogens is 440 g/mol. The molecule has 0 aliphatic heterocycles. The van der Waals surface area contributed by atoms with E-state index in [0.29, 0.717) is 3.57 Å². The fourth-order valence-electron chi connectivity index (χ4n) is 0.923. The molecule has 0 fully saturated rings. The van der Waals surface area contributed by atoms with Crippen LogP contribution < -0.4 is 5.32 Å². The molecule has 0 bridgehead atoms. The molecule has 9 heteroatoms. The molecule has 0 radical (unpaired) electrons. The number of nitrogens with one attached hydrogen (secondary N) is 1. The van der Waals surface area contributed by atoms with Gasteiger partial charge in [0.05, 0.1) is 5.69 Å². The van der Waals surface area contributed by atoms with Crippen LogP contribution in [0.1, 0.15) is 0 Å². The van der Waals surface area contributed by atoms with Crippen LogP contribution >= 0.6 is 38.5 Å². The maximum atomic E-state index is 12.7. The second-order valence-corrected chi connectivity index (χ2v) is 5.25. The third kappa shape index (κ3) is 3.31. The van der Waals surface area contributed by atoms with Crippen molar-refractivity contribution in [3.05, 3.63) is 26.2 Å². The summed E-state index contributed by atoms with van der Waals surface area (Å²) in [6.45, 7) is 0. The Morgan fingerprint density at radius 1 is 1.22 bits per heavy atom. The molecule has 0 heterocycles. The van der Waals surface area contributed by atoms with Gasteiger partial charge in [0.15, 0.2) is 0 Å². The molecule has 1 aromatic carbocycles. The molecule has 0 aliphatic carbocycles. The molecule has 0 saturated heterocycles. The van der Waals surface area contributed by atoms with Crippen molar-refractivity contribution in [1.82, 2.24) is 0 Å². The number of amides is 1. The second-order valence-electron chi connectivity index (χ2n) is 3.15. The lowest BCUT2D eigenvalue weighted by Gasteiger charge is -2.19. The molecule has 1 N–H and O–H groups in total. The van der Waals surface area contributed by atoms with Crippen LogP contribution in [0.5, 0.6) is 0 Å². The van der Waals surface area contributed by atoms with Crippen molar-refractivity contribution in [2.45, 2.75) is 12.1 Å². The van der Waals surface area contributed by atoms with Gasteiger partial charge in [0.2, 0.25) is 0 Å². The Morgan fingerprint density at radius 2 is 1.78 bits per heavy atom. The van der Waals surface area contributed by atoms with Gasteiger partial charge in [-0.05, 0) is 56.7 Å². The van der Waals surface area contributed by atoms with Crippen LogP contribution in [-0.2, 0) is 4.79 Å². The van der Waals surface area contributed by atoms with Crippen molar-refractivity contribution in [3.63, 3.8) is 0 Å². The quantitative estimate of drug-likeness (QED) is 0.539. The normalized spacial score (nSPS) is 12.4. The monoisotopic (exact) mass is 443 g/mol. The molecule has 18 heavy (non-hydrogen) atoms. The van der Waals surface area contributed by atoms with Crippen LogP contribution in [-0.4, -0.2) is 18.0 Å². The van der Waals surface area contributed by atoms with Gasteiger partial charge in [0.25, 0.3) is 0 Å². The van der Waals surface area contributed by atoms with Crippen LogP contribution in [0.15, 0.2) is 22.7 Å². The van der Waals surface area contributed by atoms with Gasteiger partial charge in [-0.1, -0.05) is 0 Å². The van der Waals surface area contributed by atoms with E-state index in [1.54, 1.807) is 6.07 Å². The average Bonchev–Trinajstić information content (AvgIpc) is 2.21. The van der Waals surface area contributed by atoms with Gasteiger partial charge in [-0.3, -0.25) is 4.79 Å². The summed E-state index contributed by atoms with van der Waals surface area (Å²) in [5.41, 5.74) is -0.157. The Bertz CT molecular complexity index is 477. The van der Waals surface area contributed by atoms with E-state index in [9.17, 15) is 26.7 Å². The summed E-state index contributed by atoms with van der Waals surface area (Å²) >= 11 is 4.76. The van der Waals surface area contributed by atoms with Gasteiger partial charge in [-0.25, -0.2) is 0 Å². The Morgan fingerprint density at radius 3 is 2.28 bits per heavy atom. The predicted octanol–water partition coefficient (Wildman–Crippen LogP) is 4.19. The molecule has 0 aliphatic rings. The summed E-state index contributed by atoms with van der Waals surface area (Å²) in [7, 11) is 0. The minimum absolute atomic E-state index is 0.157. The topological polar surface area (TPSA) is 29.1 Å². The highest BCUT2D eigenvalue weighted by Crippen LogP contribution is 2.37. The highest BCUT2D eigenvalue weighted by Gasteiger charge is 2.63.